The van der Waals surface area contributed by atoms with Crippen molar-refractivity contribution in [2.45, 2.75) is 38.5 Å². The molecule has 184 valence electrons. The molecule has 7 heteroatoms. The number of hydrogen-bond acceptors (Lipinski definition) is 7. The van der Waals surface area contributed by atoms with Crippen molar-refractivity contribution in [3.8, 4) is 0 Å². The van der Waals surface area contributed by atoms with Crippen molar-refractivity contribution in [1.82, 2.24) is 0 Å². The molecule has 31 heavy (non-hydrogen) atoms. The van der Waals surface area contributed by atoms with Crippen LogP contribution in [0.2, 0.25) is 0 Å². The average Bonchev–Trinajstić information content (AvgIpc) is 2.78. The summed E-state index contributed by atoms with van der Waals surface area (Å²) in [6.45, 7) is 11.5. The largest absolute Gasteiger partial charge is 0.382 e. The zero-order valence-corrected chi connectivity index (χ0v) is 19.7. The monoisotopic (exact) mass is 446 g/mol. The third-order valence-electron chi connectivity index (χ3n) is 4.17. The summed E-state index contributed by atoms with van der Waals surface area (Å²) in [6, 6.07) is 0. The molecule has 7 nitrogen and oxygen atoms in total. The normalized spacial score (nSPS) is 11.5. The minimum Gasteiger partial charge on any atom is -0.382 e. The fourth-order valence-corrected chi connectivity index (χ4v) is 2.47. The lowest BCUT2D eigenvalue weighted by Crippen LogP contribution is -2.14. The van der Waals surface area contributed by atoms with E-state index >= 15 is 0 Å². The first kappa shape index (κ1) is 30.2. The number of ether oxygens (including phenoxy) is 7. The van der Waals surface area contributed by atoms with Gasteiger partial charge in [-0.2, -0.15) is 0 Å². The van der Waals surface area contributed by atoms with Crippen LogP contribution in [-0.2, 0) is 33.2 Å². The average molecular weight is 447 g/mol. The third kappa shape index (κ3) is 29.2. The Bertz CT molecular complexity index is 364. The van der Waals surface area contributed by atoms with Crippen LogP contribution in [0.25, 0.3) is 0 Å². The Balaban J connectivity index is 3.01. The van der Waals surface area contributed by atoms with Crippen molar-refractivity contribution in [1.29, 1.82) is 0 Å². The van der Waals surface area contributed by atoms with Gasteiger partial charge in [-0.15, -0.1) is 6.58 Å². The number of rotatable bonds is 27. The molecule has 0 saturated carbocycles. The van der Waals surface area contributed by atoms with Crippen molar-refractivity contribution in [3.63, 3.8) is 0 Å². The van der Waals surface area contributed by atoms with Gasteiger partial charge in [0.05, 0.1) is 79.3 Å². The highest BCUT2D eigenvalue weighted by Crippen LogP contribution is 2.04. The standard InChI is InChI=1S/C24H46O7/c1-3-4-5-6-7-8-9-10-11-12-26-15-16-28-19-20-30-23-24-31-22-21-29-18-17-27-14-13-25-2/h3,5-6H,1,4,7-24H2,2H3. The molecule has 0 atom stereocenters. The van der Waals surface area contributed by atoms with Gasteiger partial charge in [0.25, 0.3) is 0 Å². The molecule has 0 spiro atoms. The molecular formula is C24H46O7. The van der Waals surface area contributed by atoms with Gasteiger partial charge in [0.15, 0.2) is 0 Å². The van der Waals surface area contributed by atoms with Gasteiger partial charge in [-0.1, -0.05) is 31.1 Å². The number of hydrogen-bond donors (Lipinski definition) is 0. The first-order valence-electron chi connectivity index (χ1n) is 11.6. The van der Waals surface area contributed by atoms with E-state index in [1.54, 1.807) is 7.11 Å². The van der Waals surface area contributed by atoms with E-state index in [0.29, 0.717) is 79.3 Å². The summed E-state index contributed by atoms with van der Waals surface area (Å²) in [6.07, 6.45) is 13.3. The molecule has 0 amide bonds. The fraction of sp³-hybridized carbons (Fsp3) is 0.833. The van der Waals surface area contributed by atoms with Crippen LogP contribution >= 0.6 is 0 Å². The van der Waals surface area contributed by atoms with Gasteiger partial charge in [0, 0.05) is 13.7 Å². The highest BCUT2D eigenvalue weighted by molar-refractivity contribution is 4.87. The lowest BCUT2D eigenvalue weighted by molar-refractivity contribution is -0.0191. The SMILES string of the molecule is C=CCC=CCCCCCCOCCOCCOCCOCCOCCOCCOC. The smallest absolute Gasteiger partial charge is 0.0701 e. The molecular weight excluding hydrogens is 400 g/mol. The molecule has 0 unspecified atom stereocenters. The molecule has 0 radical (unpaired) electrons. The molecule has 0 bridgehead atoms. The lowest BCUT2D eigenvalue weighted by Gasteiger charge is -2.08. The van der Waals surface area contributed by atoms with Crippen LogP contribution in [0.5, 0.6) is 0 Å². The van der Waals surface area contributed by atoms with Gasteiger partial charge >= 0.3 is 0 Å². The van der Waals surface area contributed by atoms with E-state index in [1.807, 2.05) is 6.08 Å². The lowest BCUT2D eigenvalue weighted by atomic mass is 10.1. The number of unbranched alkanes of at least 4 members (excludes halogenated alkanes) is 4. The van der Waals surface area contributed by atoms with Crippen LogP contribution in [-0.4, -0.2) is 93.0 Å². The predicted molar refractivity (Wildman–Crippen MR) is 124 cm³/mol. The summed E-state index contributed by atoms with van der Waals surface area (Å²) >= 11 is 0. The molecule has 0 aromatic carbocycles. The van der Waals surface area contributed by atoms with Gasteiger partial charge < -0.3 is 33.2 Å². The van der Waals surface area contributed by atoms with Crippen LogP contribution < -0.4 is 0 Å². The third-order valence-corrected chi connectivity index (χ3v) is 4.17. The maximum Gasteiger partial charge on any atom is 0.0701 e. The minimum atomic E-state index is 0.557. The minimum absolute atomic E-state index is 0.557. The molecule has 0 aliphatic rings. The van der Waals surface area contributed by atoms with E-state index in [4.69, 9.17) is 33.2 Å². The second-order valence-electron chi connectivity index (χ2n) is 6.87. The summed E-state index contributed by atoms with van der Waals surface area (Å²) in [4.78, 5) is 0. The Morgan fingerprint density at radius 1 is 0.484 bits per heavy atom. The summed E-state index contributed by atoms with van der Waals surface area (Å²) in [5.41, 5.74) is 0. The van der Waals surface area contributed by atoms with Crippen LogP contribution in [0.4, 0.5) is 0 Å². The van der Waals surface area contributed by atoms with E-state index in [0.717, 1.165) is 25.9 Å². The van der Waals surface area contributed by atoms with E-state index in [2.05, 4.69) is 18.7 Å². The quantitative estimate of drug-likeness (QED) is 0.140. The highest BCUT2D eigenvalue weighted by Gasteiger charge is 1.95. The summed E-state index contributed by atoms with van der Waals surface area (Å²) < 4.78 is 37.5. The Labute approximate surface area is 190 Å². The first-order valence-corrected chi connectivity index (χ1v) is 11.6. The molecule has 0 aliphatic heterocycles. The van der Waals surface area contributed by atoms with Crippen LogP contribution in [0.3, 0.4) is 0 Å². The Hall–Kier alpha value is -0.800. The zero-order chi connectivity index (χ0) is 22.5. The van der Waals surface area contributed by atoms with Crippen molar-refractivity contribution >= 4 is 0 Å². The number of allylic oxidation sites excluding steroid dienone is 3. The van der Waals surface area contributed by atoms with Gasteiger partial charge in [-0.25, -0.2) is 0 Å². The van der Waals surface area contributed by atoms with Crippen molar-refractivity contribution in [2.75, 3.05) is 93.0 Å². The van der Waals surface area contributed by atoms with Crippen LogP contribution in [0.1, 0.15) is 38.5 Å². The molecule has 0 N–H and O–H groups in total. The van der Waals surface area contributed by atoms with Gasteiger partial charge in [0.1, 0.15) is 0 Å². The molecule has 0 fully saturated rings. The molecule has 0 heterocycles. The van der Waals surface area contributed by atoms with E-state index in [9.17, 15) is 0 Å². The molecule has 0 aromatic rings. The topological polar surface area (TPSA) is 64.6 Å². The van der Waals surface area contributed by atoms with Crippen molar-refractivity contribution < 1.29 is 33.2 Å². The summed E-state index contributed by atoms with van der Waals surface area (Å²) in [7, 11) is 1.65. The summed E-state index contributed by atoms with van der Waals surface area (Å²) in [5.74, 6) is 0. The molecule has 0 rings (SSSR count). The van der Waals surface area contributed by atoms with E-state index in [-0.39, 0.29) is 0 Å². The van der Waals surface area contributed by atoms with Crippen LogP contribution in [0.15, 0.2) is 24.8 Å². The van der Waals surface area contributed by atoms with Gasteiger partial charge in [-0.3, -0.25) is 0 Å². The second-order valence-corrected chi connectivity index (χ2v) is 6.87. The van der Waals surface area contributed by atoms with Crippen molar-refractivity contribution in [2.24, 2.45) is 0 Å². The predicted octanol–water partition coefficient (Wildman–Crippen LogP) is 3.82. The zero-order valence-electron chi connectivity index (χ0n) is 19.7. The first-order chi connectivity index (χ1) is 15.4. The van der Waals surface area contributed by atoms with Gasteiger partial charge in [0.2, 0.25) is 0 Å². The maximum atomic E-state index is 5.58. The summed E-state index contributed by atoms with van der Waals surface area (Å²) in [5, 5.41) is 0. The Morgan fingerprint density at radius 3 is 1.35 bits per heavy atom. The van der Waals surface area contributed by atoms with Crippen molar-refractivity contribution in [3.05, 3.63) is 24.8 Å². The van der Waals surface area contributed by atoms with Gasteiger partial charge in [-0.05, 0) is 25.7 Å². The Kier molecular flexibility index (Phi) is 28.4. The maximum absolute atomic E-state index is 5.58. The van der Waals surface area contributed by atoms with E-state index < -0.39 is 0 Å². The molecule has 0 aromatic heterocycles. The van der Waals surface area contributed by atoms with E-state index in [1.165, 1.54) is 19.3 Å². The number of methoxy groups -OCH3 is 1. The Morgan fingerprint density at radius 2 is 0.903 bits per heavy atom. The highest BCUT2D eigenvalue weighted by atomic mass is 16.6. The fourth-order valence-electron chi connectivity index (χ4n) is 2.47. The molecule has 0 saturated heterocycles. The van der Waals surface area contributed by atoms with Crippen LogP contribution in [0, 0.1) is 0 Å². The second kappa shape index (κ2) is 29.2. The molecule has 0 aliphatic carbocycles.